The molecule has 2 N–H and O–H groups in total. The van der Waals surface area contributed by atoms with Crippen molar-refractivity contribution < 1.29 is 19.0 Å². The van der Waals surface area contributed by atoms with E-state index in [1.54, 1.807) is 0 Å². The summed E-state index contributed by atoms with van der Waals surface area (Å²) in [5.74, 6) is 0. The van der Waals surface area contributed by atoms with Crippen LogP contribution >= 0.6 is 0 Å². The van der Waals surface area contributed by atoms with Crippen LogP contribution in [0.5, 0.6) is 0 Å². The van der Waals surface area contributed by atoms with E-state index in [-0.39, 0.29) is 26.2 Å². The van der Waals surface area contributed by atoms with Crippen molar-refractivity contribution in [2.45, 2.75) is 37.7 Å². The van der Waals surface area contributed by atoms with Crippen LogP contribution < -0.4 is 0 Å². The van der Waals surface area contributed by atoms with E-state index in [1.807, 2.05) is 0 Å². The van der Waals surface area contributed by atoms with E-state index in [4.69, 9.17) is 5.11 Å². The highest BCUT2D eigenvalue weighted by Crippen LogP contribution is 2.30. The lowest BCUT2D eigenvalue weighted by Gasteiger charge is -2.30. The monoisotopic (exact) mass is 223 g/mol. The Hall–Kier alpha value is -0.260. The maximum Gasteiger partial charge on any atom is 0.251 e. The molecule has 5 heteroatoms. The highest BCUT2D eigenvalue weighted by molar-refractivity contribution is 4.87. The van der Waals surface area contributed by atoms with Crippen LogP contribution in [0.3, 0.4) is 0 Å². The second-order valence-corrected chi connectivity index (χ2v) is 4.28. The average molecular weight is 223 g/mol. The number of rotatable bonds is 6. The molecule has 1 saturated carbocycles. The minimum Gasteiger partial charge on any atom is -0.395 e. The zero-order chi connectivity index (χ0) is 11.3. The number of aliphatic hydroxyl groups excluding tert-OH is 1. The van der Waals surface area contributed by atoms with E-state index < -0.39 is 12.0 Å². The molecule has 1 rings (SSSR count). The van der Waals surface area contributed by atoms with E-state index in [1.165, 1.54) is 4.90 Å². The first kappa shape index (κ1) is 12.8. The Balaban J connectivity index is 2.41. The van der Waals surface area contributed by atoms with Gasteiger partial charge in [0.05, 0.1) is 18.8 Å². The molecule has 90 valence electrons. The summed E-state index contributed by atoms with van der Waals surface area (Å²) >= 11 is 0. The fourth-order valence-corrected chi connectivity index (χ4v) is 2.18. The molecule has 0 aromatic carbocycles. The molecule has 0 amide bonds. The molecule has 3 nitrogen and oxygen atoms in total. The lowest BCUT2D eigenvalue weighted by atomic mass is 10.0. The molecule has 0 unspecified atom stereocenters. The molecule has 0 spiro atoms. The Morgan fingerprint density at radius 2 is 1.87 bits per heavy atom. The molecular weight excluding hydrogens is 204 g/mol. The van der Waals surface area contributed by atoms with Gasteiger partial charge in [-0.25, -0.2) is 8.78 Å². The summed E-state index contributed by atoms with van der Waals surface area (Å²) in [6.07, 6.45) is 0.855. The Morgan fingerprint density at radius 1 is 1.27 bits per heavy atom. The Morgan fingerprint density at radius 3 is 2.33 bits per heavy atom. The fraction of sp³-hybridized carbons (Fsp3) is 1.00. The summed E-state index contributed by atoms with van der Waals surface area (Å²) in [7, 11) is 0. The van der Waals surface area contributed by atoms with Crippen molar-refractivity contribution in [3.05, 3.63) is 0 Å². The van der Waals surface area contributed by atoms with Gasteiger partial charge in [-0.3, -0.25) is 4.90 Å². The van der Waals surface area contributed by atoms with E-state index in [9.17, 15) is 13.9 Å². The first-order chi connectivity index (χ1) is 7.06. The lowest BCUT2D eigenvalue weighted by Crippen LogP contribution is -2.44. The zero-order valence-electron chi connectivity index (χ0n) is 8.83. The number of alkyl halides is 2. The SMILES string of the molecule is OCCN(CC(F)F)CC1(O)CCCC1. The van der Waals surface area contributed by atoms with Gasteiger partial charge in [0.15, 0.2) is 0 Å². The molecule has 0 aliphatic heterocycles. The third-order valence-corrected chi connectivity index (χ3v) is 2.86. The highest BCUT2D eigenvalue weighted by Gasteiger charge is 2.33. The van der Waals surface area contributed by atoms with Gasteiger partial charge in [0, 0.05) is 13.1 Å². The van der Waals surface area contributed by atoms with Crippen molar-refractivity contribution >= 4 is 0 Å². The fourth-order valence-electron chi connectivity index (χ4n) is 2.18. The molecule has 1 aliphatic carbocycles. The summed E-state index contributed by atoms with van der Waals surface area (Å²) < 4.78 is 24.4. The maximum absolute atomic E-state index is 12.2. The van der Waals surface area contributed by atoms with Gasteiger partial charge in [-0.05, 0) is 12.8 Å². The van der Waals surface area contributed by atoms with Crippen molar-refractivity contribution in [3.63, 3.8) is 0 Å². The van der Waals surface area contributed by atoms with Crippen LogP contribution in [-0.2, 0) is 0 Å². The van der Waals surface area contributed by atoms with Crippen LogP contribution in [0, 0.1) is 0 Å². The number of nitrogens with zero attached hydrogens (tertiary/aromatic N) is 1. The molecule has 15 heavy (non-hydrogen) atoms. The van der Waals surface area contributed by atoms with Gasteiger partial charge in [0.1, 0.15) is 0 Å². The molecule has 0 aromatic rings. The molecule has 0 radical (unpaired) electrons. The predicted octanol–water partition coefficient (Wildman–Crippen LogP) is 0.851. The van der Waals surface area contributed by atoms with E-state index in [2.05, 4.69) is 0 Å². The van der Waals surface area contributed by atoms with Gasteiger partial charge < -0.3 is 10.2 Å². The molecule has 0 atom stereocenters. The quantitative estimate of drug-likeness (QED) is 0.701. The minimum absolute atomic E-state index is 0.150. The first-order valence-electron chi connectivity index (χ1n) is 5.39. The van der Waals surface area contributed by atoms with Crippen LogP contribution in [0.4, 0.5) is 8.78 Å². The summed E-state index contributed by atoms with van der Waals surface area (Å²) in [6.45, 7) is -0.0732. The van der Waals surface area contributed by atoms with E-state index in [0.717, 1.165) is 12.8 Å². The van der Waals surface area contributed by atoms with Gasteiger partial charge >= 0.3 is 0 Å². The average Bonchev–Trinajstić information content (AvgIpc) is 2.51. The molecule has 0 heterocycles. The third kappa shape index (κ3) is 4.40. The topological polar surface area (TPSA) is 43.7 Å². The lowest BCUT2D eigenvalue weighted by molar-refractivity contribution is -0.0124. The summed E-state index contributed by atoms with van der Waals surface area (Å²) in [6, 6.07) is 0. The van der Waals surface area contributed by atoms with Crippen LogP contribution in [0.1, 0.15) is 25.7 Å². The van der Waals surface area contributed by atoms with Gasteiger partial charge in [0.25, 0.3) is 6.43 Å². The Bertz CT molecular complexity index is 184. The maximum atomic E-state index is 12.2. The number of aliphatic hydroxyl groups is 2. The van der Waals surface area contributed by atoms with Crippen molar-refractivity contribution in [2.75, 3.05) is 26.2 Å². The van der Waals surface area contributed by atoms with Gasteiger partial charge in [-0.15, -0.1) is 0 Å². The molecule has 0 bridgehead atoms. The summed E-state index contributed by atoms with van der Waals surface area (Å²) in [5.41, 5.74) is -0.815. The summed E-state index contributed by atoms with van der Waals surface area (Å²) in [5, 5.41) is 18.8. The second kappa shape index (κ2) is 5.72. The Labute approximate surface area is 88.7 Å². The van der Waals surface area contributed by atoms with E-state index >= 15 is 0 Å². The smallest absolute Gasteiger partial charge is 0.251 e. The second-order valence-electron chi connectivity index (χ2n) is 4.28. The van der Waals surface area contributed by atoms with Crippen molar-refractivity contribution in [1.29, 1.82) is 0 Å². The van der Waals surface area contributed by atoms with Crippen LogP contribution in [0.2, 0.25) is 0 Å². The normalized spacial score (nSPS) is 20.4. The molecule has 0 saturated heterocycles. The van der Waals surface area contributed by atoms with Gasteiger partial charge in [0.2, 0.25) is 0 Å². The van der Waals surface area contributed by atoms with E-state index in [0.29, 0.717) is 12.8 Å². The number of hydrogen-bond donors (Lipinski definition) is 2. The highest BCUT2D eigenvalue weighted by atomic mass is 19.3. The number of hydrogen-bond acceptors (Lipinski definition) is 3. The first-order valence-corrected chi connectivity index (χ1v) is 5.39. The molecular formula is C10H19F2NO2. The van der Waals surface area contributed by atoms with Crippen molar-refractivity contribution in [2.24, 2.45) is 0 Å². The van der Waals surface area contributed by atoms with Crippen LogP contribution in [-0.4, -0.2) is 53.4 Å². The predicted molar refractivity (Wildman–Crippen MR) is 52.9 cm³/mol. The van der Waals surface area contributed by atoms with Crippen LogP contribution in [0.15, 0.2) is 0 Å². The molecule has 1 aliphatic rings. The van der Waals surface area contributed by atoms with Gasteiger partial charge in [-0.1, -0.05) is 12.8 Å². The van der Waals surface area contributed by atoms with Crippen molar-refractivity contribution in [1.82, 2.24) is 4.90 Å². The molecule has 0 aromatic heterocycles. The minimum atomic E-state index is -2.42. The summed E-state index contributed by atoms with van der Waals surface area (Å²) in [4.78, 5) is 1.44. The standard InChI is InChI=1S/C10H19F2NO2/c11-9(12)7-13(5-6-14)8-10(15)3-1-2-4-10/h9,14-15H,1-8H2. The van der Waals surface area contributed by atoms with Crippen molar-refractivity contribution in [3.8, 4) is 0 Å². The molecule has 1 fully saturated rings. The number of halogens is 2. The largest absolute Gasteiger partial charge is 0.395 e. The van der Waals surface area contributed by atoms with Gasteiger partial charge in [-0.2, -0.15) is 0 Å². The third-order valence-electron chi connectivity index (χ3n) is 2.86. The zero-order valence-corrected chi connectivity index (χ0v) is 8.83. The Kier molecular flexibility index (Phi) is 4.89. The van der Waals surface area contributed by atoms with Crippen LogP contribution in [0.25, 0.3) is 0 Å².